The zero-order valence-electron chi connectivity index (χ0n) is 11.7. The van der Waals surface area contributed by atoms with Gasteiger partial charge in [0.25, 0.3) is 5.91 Å². The molecule has 6 heteroatoms. The van der Waals surface area contributed by atoms with Gasteiger partial charge in [-0.3, -0.25) is 9.48 Å². The zero-order chi connectivity index (χ0) is 14.6. The first kappa shape index (κ1) is 14.1. The maximum atomic E-state index is 11.6. The van der Waals surface area contributed by atoms with Gasteiger partial charge in [-0.05, 0) is 13.0 Å². The molecule has 2 heterocycles. The normalized spacial score (nSPS) is 24.1. The number of hydrogen-bond acceptors (Lipinski definition) is 3. The van der Waals surface area contributed by atoms with Crippen molar-refractivity contribution in [2.45, 2.75) is 38.8 Å². The summed E-state index contributed by atoms with van der Waals surface area (Å²) in [5, 5.41) is 17.4. The fraction of sp³-hybridized carbons (Fsp3) is 0.538. The van der Waals surface area contributed by atoms with E-state index in [0.29, 0.717) is 11.3 Å². The van der Waals surface area contributed by atoms with E-state index in [1.165, 1.54) is 0 Å². The number of aryl methyl sites for hydroxylation is 1. The van der Waals surface area contributed by atoms with Gasteiger partial charge in [0.1, 0.15) is 10.7 Å². The highest BCUT2D eigenvalue weighted by Gasteiger charge is 2.44. The van der Waals surface area contributed by atoms with Crippen molar-refractivity contribution in [1.29, 1.82) is 0 Å². The lowest BCUT2D eigenvalue weighted by molar-refractivity contribution is -0.120. The van der Waals surface area contributed by atoms with Crippen LogP contribution in [0.25, 0.3) is 0 Å². The van der Waals surface area contributed by atoms with Crippen LogP contribution < -0.4 is 5.32 Å². The monoisotopic (exact) mass is 283 g/mol. The number of nitrogens with one attached hydrogen (secondary N) is 1. The Morgan fingerprint density at radius 2 is 2.05 bits per heavy atom. The van der Waals surface area contributed by atoms with E-state index in [4.69, 9.17) is 11.6 Å². The van der Waals surface area contributed by atoms with Crippen molar-refractivity contribution in [1.82, 2.24) is 15.1 Å². The van der Waals surface area contributed by atoms with Crippen molar-refractivity contribution in [3.05, 3.63) is 28.1 Å². The molecule has 0 spiro atoms. The Bertz CT molecular complexity index is 583. The lowest BCUT2D eigenvalue weighted by Crippen LogP contribution is -2.41. The summed E-state index contributed by atoms with van der Waals surface area (Å²) in [6.07, 6.45) is 0. The molecule has 1 atom stereocenters. The molecule has 0 aromatic carbocycles. The van der Waals surface area contributed by atoms with Gasteiger partial charge < -0.3 is 10.4 Å². The molecule has 19 heavy (non-hydrogen) atoms. The number of aliphatic hydroxyl groups is 1. The van der Waals surface area contributed by atoms with Crippen molar-refractivity contribution in [2.24, 2.45) is 7.05 Å². The molecule has 104 valence electrons. The van der Waals surface area contributed by atoms with Crippen molar-refractivity contribution in [3.63, 3.8) is 0 Å². The second-order valence-corrected chi connectivity index (χ2v) is 6.27. The number of carbonyl (C=O) groups excluding carboxylic acids is 1. The number of amides is 1. The van der Waals surface area contributed by atoms with Crippen LogP contribution in [0.15, 0.2) is 16.7 Å². The van der Waals surface area contributed by atoms with Gasteiger partial charge in [-0.2, -0.15) is 5.10 Å². The summed E-state index contributed by atoms with van der Waals surface area (Å²) in [7, 11) is 1.81. The van der Waals surface area contributed by atoms with Gasteiger partial charge in [0.15, 0.2) is 0 Å². The summed E-state index contributed by atoms with van der Waals surface area (Å²) in [5.74, 6) is -0.482. The van der Waals surface area contributed by atoms with Crippen LogP contribution in [0.3, 0.4) is 0 Å². The number of rotatable bonds is 1. The molecule has 0 saturated heterocycles. The van der Waals surface area contributed by atoms with E-state index >= 15 is 0 Å². The number of aromatic nitrogens is 2. The Morgan fingerprint density at radius 3 is 2.42 bits per heavy atom. The molecule has 0 fully saturated rings. The minimum Gasteiger partial charge on any atom is -0.362 e. The smallest absolute Gasteiger partial charge is 0.265 e. The Kier molecular flexibility index (Phi) is 3.03. The third-order valence-electron chi connectivity index (χ3n) is 3.38. The zero-order valence-corrected chi connectivity index (χ0v) is 12.5. The van der Waals surface area contributed by atoms with Crippen LogP contribution in [0.2, 0.25) is 0 Å². The molecule has 0 aliphatic carbocycles. The molecule has 1 aliphatic heterocycles. The van der Waals surface area contributed by atoms with E-state index in [1.54, 1.807) is 17.7 Å². The molecule has 2 rings (SSSR count). The standard InChI is InChI=1S/C13H18ClN3O2/c1-7-10(14)11(18)15-13(7,19)8-6-9(12(2,3)4)17(5)16-8/h6,19H,1-5H3,(H,15,18). The average Bonchev–Trinajstić information content (AvgIpc) is 2.76. The Morgan fingerprint density at radius 1 is 1.47 bits per heavy atom. The van der Waals surface area contributed by atoms with Crippen LogP contribution in [0.1, 0.15) is 39.1 Å². The summed E-state index contributed by atoms with van der Waals surface area (Å²) in [5.41, 5.74) is -0.0179. The van der Waals surface area contributed by atoms with Crippen LogP contribution in [-0.2, 0) is 23.0 Å². The van der Waals surface area contributed by atoms with Crippen LogP contribution >= 0.6 is 11.6 Å². The van der Waals surface area contributed by atoms with Crippen molar-refractivity contribution in [3.8, 4) is 0 Å². The lowest BCUT2D eigenvalue weighted by atomic mass is 9.91. The Labute approximate surface area is 117 Å². The molecule has 5 nitrogen and oxygen atoms in total. The molecular weight excluding hydrogens is 266 g/mol. The number of nitrogens with zero attached hydrogens (tertiary/aromatic N) is 2. The molecule has 1 aromatic heterocycles. The van der Waals surface area contributed by atoms with Gasteiger partial charge in [0, 0.05) is 23.7 Å². The predicted molar refractivity (Wildman–Crippen MR) is 72.5 cm³/mol. The fourth-order valence-electron chi connectivity index (χ4n) is 2.24. The van der Waals surface area contributed by atoms with E-state index in [9.17, 15) is 9.90 Å². The molecule has 2 N–H and O–H groups in total. The highest BCUT2D eigenvalue weighted by molar-refractivity contribution is 6.43. The highest BCUT2D eigenvalue weighted by atomic mass is 35.5. The van der Waals surface area contributed by atoms with Crippen LogP contribution in [0, 0.1) is 0 Å². The maximum absolute atomic E-state index is 11.6. The van der Waals surface area contributed by atoms with E-state index in [2.05, 4.69) is 31.2 Å². The summed E-state index contributed by atoms with van der Waals surface area (Å²) in [4.78, 5) is 11.6. The third-order valence-corrected chi connectivity index (χ3v) is 3.84. The first-order valence-corrected chi connectivity index (χ1v) is 6.42. The third kappa shape index (κ3) is 2.07. The van der Waals surface area contributed by atoms with Gasteiger partial charge >= 0.3 is 0 Å². The first-order chi connectivity index (χ1) is 8.57. The SMILES string of the molecule is CC1=C(Cl)C(=O)NC1(O)c1cc(C(C)(C)C)n(C)n1. The second kappa shape index (κ2) is 4.08. The van der Waals surface area contributed by atoms with Crippen LogP contribution in [-0.4, -0.2) is 20.8 Å². The molecule has 1 aliphatic rings. The van der Waals surface area contributed by atoms with E-state index in [1.807, 2.05) is 7.05 Å². The Hall–Kier alpha value is -1.33. The summed E-state index contributed by atoms with van der Waals surface area (Å²) in [6, 6.07) is 1.79. The quantitative estimate of drug-likeness (QED) is 0.821. The van der Waals surface area contributed by atoms with E-state index in [0.717, 1.165) is 5.69 Å². The van der Waals surface area contributed by atoms with E-state index in [-0.39, 0.29) is 10.4 Å². The van der Waals surface area contributed by atoms with Crippen LogP contribution in [0.4, 0.5) is 0 Å². The van der Waals surface area contributed by atoms with Crippen LogP contribution in [0.5, 0.6) is 0 Å². The Balaban J connectivity index is 2.53. The molecule has 0 bridgehead atoms. The summed E-state index contributed by atoms with van der Waals surface area (Å²) in [6.45, 7) is 7.79. The minimum absolute atomic E-state index is 0.0189. The molecular formula is C13H18ClN3O2. The number of hydrogen-bond donors (Lipinski definition) is 2. The van der Waals surface area contributed by atoms with Gasteiger partial charge in [0.05, 0.1) is 0 Å². The van der Waals surface area contributed by atoms with Gasteiger partial charge in [-0.25, -0.2) is 0 Å². The van der Waals surface area contributed by atoms with Crippen molar-refractivity contribution < 1.29 is 9.90 Å². The second-order valence-electron chi connectivity index (χ2n) is 5.89. The molecule has 1 amide bonds. The lowest BCUT2D eigenvalue weighted by Gasteiger charge is -2.22. The molecule has 0 saturated carbocycles. The highest BCUT2D eigenvalue weighted by Crippen LogP contribution is 2.36. The minimum atomic E-state index is -1.62. The first-order valence-electron chi connectivity index (χ1n) is 6.04. The number of halogens is 1. The van der Waals surface area contributed by atoms with E-state index < -0.39 is 11.6 Å². The maximum Gasteiger partial charge on any atom is 0.265 e. The number of carbonyl (C=O) groups is 1. The van der Waals surface area contributed by atoms with Gasteiger partial charge in [-0.1, -0.05) is 32.4 Å². The largest absolute Gasteiger partial charge is 0.362 e. The predicted octanol–water partition coefficient (Wildman–Crippen LogP) is 1.51. The van der Waals surface area contributed by atoms with Gasteiger partial charge in [-0.15, -0.1) is 0 Å². The molecule has 0 radical (unpaired) electrons. The summed E-state index contributed by atoms with van der Waals surface area (Å²) < 4.78 is 1.71. The van der Waals surface area contributed by atoms with Gasteiger partial charge in [0.2, 0.25) is 5.72 Å². The molecule has 1 unspecified atom stereocenters. The molecule has 1 aromatic rings. The van der Waals surface area contributed by atoms with Crippen molar-refractivity contribution >= 4 is 17.5 Å². The topological polar surface area (TPSA) is 67.2 Å². The fourth-order valence-corrected chi connectivity index (χ4v) is 2.43. The van der Waals surface area contributed by atoms with Crippen molar-refractivity contribution in [2.75, 3.05) is 0 Å². The average molecular weight is 284 g/mol. The summed E-state index contributed by atoms with van der Waals surface area (Å²) >= 11 is 5.86.